The van der Waals surface area contributed by atoms with Crippen LogP contribution in [0.1, 0.15) is 108 Å². The van der Waals surface area contributed by atoms with E-state index in [0.29, 0.717) is 0 Å². The Labute approximate surface area is 199 Å². The van der Waals surface area contributed by atoms with Gasteiger partial charge in [-0.1, -0.05) is 96.5 Å². The number of unbranched alkanes of at least 4 members (excludes halogenated alkanes) is 13. The molecule has 190 valence electrons. The van der Waals surface area contributed by atoms with Gasteiger partial charge in [0.15, 0.2) is 0 Å². The summed E-state index contributed by atoms with van der Waals surface area (Å²) in [5, 5.41) is 0. The van der Waals surface area contributed by atoms with Crippen LogP contribution in [0, 0.1) is 6.92 Å². The first-order valence-corrected chi connectivity index (χ1v) is 13.8. The number of benzene rings is 1. The van der Waals surface area contributed by atoms with Gasteiger partial charge in [-0.15, -0.1) is 0 Å². The molecule has 6 heteroatoms. The topological polar surface area (TPSA) is 92.6 Å². The Morgan fingerprint density at radius 1 is 0.750 bits per heavy atom. The van der Waals surface area contributed by atoms with Crippen molar-refractivity contribution in [2.45, 2.75) is 115 Å². The molecule has 0 unspecified atom stereocenters. The summed E-state index contributed by atoms with van der Waals surface area (Å²) in [6.45, 7) is 4.26. The molecule has 0 aliphatic heterocycles. The van der Waals surface area contributed by atoms with Crippen LogP contribution in [0.15, 0.2) is 23.1 Å². The van der Waals surface area contributed by atoms with E-state index in [1.165, 1.54) is 89.5 Å². The molecule has 1 rings (SSSR count). The van der Waals surface area contributed by atoms with Crippen molar-refractivity contribution in [1.29, 1.82) is 0 Å². The summed E-state index contributed by atoms with van der Waals surface area (Å²) in [7, 11) is 1.90. The second kappa shape index (κ2) is 20.6. The van der Waals surface area contributed by atoms with Gasteiger partial charge in [0.05, 0.1) is 4.90 Å². The van der Waals surface area contributed by atoms with E-state index < -0.39 is 10.1 Å². The lowest BCUT2D eigenvalue weighted by Gasteiger charge is -2.08. The summed E-state index contributed by atoms with van der Waals surface area (Å²) in [5.41, 5.74) is 2.13. The van der Waals surface area contributed by atoms with Crippen LogP contribution in [-0.2, 0) is 16.5 Å². The van der Waals surface area contributed by atoms with Crippen LogP contribution < -0.4 is 6.15 Å². The summed E-state index contributed by atoms with van der Waals surface area (Å²) in [6.07, 6.45) is 19.6. The molecule has 0 amide bonds. The third-order valence-corrected chi connectivity index (χ3v) is 6.27. The molecule has 0 radical (unpaired) electrons. The van der Waals surface area contributed by atoms with Crippen molar-refractivity contribution >= 4 is 10.1 Å². The lowest BCUT2D eigenvalue weighted by Crippen LogP contribution is -2.00. The molecule has 1 aromatic carbocycles. The molecule has 32 heavy (non-hydrogen) atoms. The Bertz CT molecular complexity index is 658. The van der Waals surface area contributed by atoms with Crippen molar-refractivity contribution < 1.29 is 13.0 Å². The first kappa shape index (κ1) is 33.2. The minimum absolute atomic E-state index is 0. The van der Waals surface area contributed by atoms with Crippen molar-refractivity contribution in [2.24, 2.45) is 0 Å². The van der Waals surface area contributed by atoms with Crippen molar-refractivity contribution in [3.05, 3.63) is 29.3 Å². The largest absolute Gasteiger partial charge is 0.344 e. The lowest BCUT2D eigenvalue weighted by molar-refractivity contribution is 0.483. The maximum absolute atomic E-state index is 11.3. The van der Waals surface area contributed by atoms with E-state index in [9.17, 15) is 13.0 Å². The quantitative estimate of drug-likeness (QED) is 0.191. The summed E-state index contributed by atoms with van der Waals surface area (Å²) in [4.78, 5) is 2.01. The Balaban J connectivity index is 0. The second-order valence-electron chi connectivity index (χ2n) is 9.25. The van der Waals surface area contributed by atoms with Crippen LogP contribution in [-0.4, -0.2) is 39.0 Å². The molecule has 0 saturated carbocycles. The van der Waals surface area contributed by atoms with Gasteiger partial charge >= 0.3 is 0 Å². The van der Waals surface area contributed by atoms with E-state index in [0.717, 1.165) is 24.0 Å². The van der Waals surface area contributed by atoms with E-state index in [-0.39, 0.29) is 11.0 Å². The van der Waals surface area contributed by atoms with Crippen molar-refractivity contribution in [2.75, 3.05) is 21.1 Å². The van der Waals surface area contributed by atoms with Gasteiger partial charge in [0, 0.05) is 0 Å². The normalized spacial score (nSPS) is 11.1. The van der Waals surface area contributed by atoms with Crippen LogP contribution in [0.5, 0.6) is 0 Å². The van der Waals surface area contributed by atoms with E-state index >= 15 is 0 Å². The SMILES string of the molecule is CCCCCCCCCCCCCCCCc1cc(S(=O)(=O)O)ccc1C.CN(C)C.N. The number of hydrogen-bond acceptors (Lipinski definition) is 4. The zero-order valence-corrected chi connectivity index (χ0v) is 22.5. The zero-order valence-electron chi connectivity index (χ0n) is 21.7. The first-order valence-electron chi connectivity index (χ1n) is 12.4. The summed E-state index contributed by atoms with van der Waals surface area (Å²) >= 11 is 0. The molecule has 0 atom stereocenters. The Kier molecular flexibility index (Phi) is 21.4. The zero-order chi connectivity index (χ0) is 23.5. The number of nitrogens with zero attached hydrogens (tertiary/aromatic N) is 1. The molecule has 1 aromatic rings. The average Bonchev–Trinajstić information content (AvgIpc) is 2.68. The maximum Gasteiger partial charge on any atom is 0.294 e. The molecule has 4 N–H and O–H groups in total. The number of aryl methyl sites for hydroxylation is 2. The Morgan fingerprint density at radius 3 is 1.50 bits per heavy atom. The number of rotatable bonds is 16. The maximum atomic E-state index is 11.3. The Morgan fingerprint density at radius 2 is 1.12 bits per heavy atom. The summed E-state index contributed by atoms with van der Waals surface area (Å²) in [6, 6.07) is 4.87. The van der Waals surface area contributed by atoms with Gasteiger partial charge in [-0.05, 0) is 64.2 Å². The van der Waals surface area contributed by atoms with Crippen LogP contribution in [0.2, 0.25) is 0 Å². The van der Waals surface area contributed by atoms with Crippen LogP contribution in [0.3, 0.4) is 0 Å². The fraction of sp³-hybridized carbons (Fsp3) is 0.769. The highest BCUT2D eigenvalue weighted by Gasteiger charge is 2.11. The summed E-state index contributed by atoms with van der Waals surface area (Å²) < 4.78 is 31.7. The average molecular weight is 473 g/mol. The molecule has 0 saturated heterocycles. The van der Waals surface area contributed by atoms with Crippen molar-refractivity contribution in [3.63, 3.8) is 0 Å². The fourth-order valence-electron chi connectivity index (χ4n) is 3.59. The van der Waals surface area contributed by atoms with E-state index in [2.05, 4.69) is 6.92 Å². The summed E-state index contributed by atoms with van der Waals surface area (Å²) in [5.74, 6) is 0. The van der Waals surface area contributed by atoms with Crippen LogP contribution in [0.4, 0.5) is 0 Å². The second-order valence-corrected chi connectivity index (χ2v) is 10.7. The fourth-order valence-corrected chi connectivity index (χ4v) is 4.12. The highest BCUT2D eigenvalue weighted by Crippen LogP contribution is 2.19. The third kappa shape index (κ3) is 19.7. The molecule has 0 spiro atoms. The lowest BCUT2D eigenvalue weighted by atomic mass is 10.0. The predicted octanol–water partition coefficient (Wildman–Crippen LogP) is 7.61. The highest BCUT2D eigenvalue weighted by molar-refractivity contribution is 7.85. The molecule has 0 aliphatic carbocycles. The minimum Gasteiger partial charge on any atom is -0.344 e. The third-order valence-electron chi connectivity index (χ3n) is 5.42. The van der Waals surface area contributed by atoms with Gasteiger partial charge < -0.3 is 11.1 Å². The predicted molar refractivity (Wildman–Crippen MR) is 140 cm³/mol. The van der Waals surface area contributed by atoms with E-state index in [1.54, 1.807) is 12.1 Å². The van der Waals surface area contributed by atoms with Gasteiger partial charge in [-0.2, -0.15) is 8.42 Å². The highest BCUT2D eigenvalue weighted by atomic mass is 32.2. The molecule has 0 aliphatic rings. The first-order chi connectivity index (χ1) is 14.7. The minimum atomic E-state index is -4.10. The molecular formula is C26H52N2O3S. The molecule has 0 heterocycles. The van der Waals surface area contributed by atoms with Gasteiger partial charge in [0.25, 0.3) is 10.1 Å². The standard InChI is InChI=1S/C23H40O3S.C3H9N.H3N/c1-3-4-5-6-7-8-9-10-11-12-13-14-15-16-17-22-20-23(27(24,25)26)19-18-21(22)2;1-4(2)3;/h18-20H,3-17H2,1-2H3,(H,24,25,26);1-3H3;1H3. The van der Waals surface area contributed by atoms with Crippen molar-refractivity contribution in [3.8, 4) is 0 Å². The smallest absolute Gasteiger partial charge is 0.294 e. The van der Waals surface area contributed by atoms with Gasteiger partial charge in [0.2, 0.25) is 0 Å². The van der Waals surface area contributed by atoms with Gasteiger partial charge in [-0.25, -0.2) is 0 Å². The van der Waals surface area contributed by atoms with Crippen LogP contribution in [0.25, 0.3) is 0 Å². The molecule has 0 aromatic heterocycles. The molecule has 0 bridgehead atoms. The van der Waals surface area contributed by atoms with Gasteiger partial charge in [0.1, 0.15) is 0 Å². The van der Waals surface area contributed by atoms with Crippen molar-refractivity contribution in [1.82, 2.24) is 11.1 Å². The molecular weight excluding hydrogens is 420 g/mol. The monoisotopic (exact) mass is 472 g/mol. The van der Waals surface area contributed by atoms with Gasteiger partial charge in [-0.3, -0.25) is 4.55 Å². The Hall–Kier alpha value is -0.950. The van der Waals surface area contributed by atoms with E-state index in [1.807, 2.05) is 33.0 Å². The van der Waals surface area contributed by atoms with Crippen LogP contribution >= 0.6 is 0 Å². The van der Waals surface area contributed by atoms with E-state index in [4.69, 9.17) is 0 Å². The molecule has 0 fully saturated rings. The number of hydrogen-bond donors (Lipinski definition) is 2. The molecule has 5 nitrogen and oxygen atoms in total.